The molecule has 2 unspecified atom stereocenters. The zero-order valence-electron chi connectivity index (χ0n) is 10.3. The topological polar surface area (TPSA) is 61.8 Å². The lowest BCUT2D eigenvalue weighted by Crippen LogP contribution is -2.49. The summed E-state index contributed by atoms with van der Waals surface area (Å²) in [7, 11) is 0. The first-order valence-corrected chi connectivity index (χ1v) is 6.29. The number of rotatable bonds is 5. The molecule has 1 aliphatic carbocycles. The molecule has 0 radical (unpaired) electrons. The van der Waals surface area contributed by atoms with Crippen LogP contribution in [0.2, 0.25) is 0 Å². The molecule has 0 aliphatic heterocycles. The number of aromatic nitrogens is 2. The van der Waals surface area contributed by atoms with Crippen LogP contribution in [0, 0.1) is 17.2 Å². The number of imidazole rings is 1. The fourth-order valence-electron chi connectivity index (χ4n) is 2.23. The van der Waals surface area contributed by atoms with Crippen LogP contribution >= 0.6 is 11.6 Å². The molecule has 2 rings (SSSR count). The van der Waals surface area contributed by atoms with Crippen LogP contribution in [-0.4, -0.2) is 25.1 Å². The summed E-state index contributed by atoms with van der Waals surface area (Å²) in [6.45, 7) is 5.88. The Morgan fingerprint density at radius 3 is 3.00 bits per heavy atom. The minimum absolute atomic E-state index is 0.161. The molecule has 4 nitrogen and oxygen atoms in total. The summed E-state index contributed by atoms with van der Waals surface area (Å²) in [5.41, 5.74) is -0.687. The van der Waals surface area contributed by atoms with Crippen molar-refractivity contribution in [2.24, 2.45) is 5.92 Å². The van der Waals surface area contributed by atoms with Gasteiger partial charge < -0.3 is 9.67 Å². The average Bonchev–Trinajstić information content (AvgIpc) is 2.97. The molecule has 2 atom stereocenters. The van der Waals surface area contributed by atoms with Crippen molar-refractivity contribution in [2.75, 3.05) is 0 Å². The summed E-state index contributed by atoms with van der Waals surface area (Å²) in [6.07, 6.45) is 6.28. The van der Waals surface area contributed by atoms with E-state index in [1.807, 2.05) is 13.0 Å². The number of alkyl halides is 1. The highest BCUT2D eigenvalue weighted by Crippen LogP contribution is 2.54. The highest BCUT2D eigenvalue weighted by atomic mass is 35.5. The summed E-state index contributed by atoms with van der Waals surface area (Å²) >= 11 is 6.42. The molecule has 1 aromatic heterocycles. The van der Waals surface area contributed by atoms with Crippen molar-refractivity contribution < 1.29 is 5.11 Å². The second-order valence-corrected chi connectivity index (χ2v) is 5.66. The Morgan fingerprint density at radius 2 is 2.50 bits per heavy atom. The van der Waals surface area contributed by atoms with E-state index >= 15 is 0 Å². The third-order valence-corrected chi connectivity index (χ3v) is 4.52. The van der Waals surface area contributed by atoms with Gasteiger partial charge in [0, 0.05) is 5.92 Å². The van der Waals surface area contributed by atoms with Gasteiger partial charge in [-0.2, -0.15) is 5.26 Å². The first kappa shape index (κ1) is 13.1. The van der Waals surface area contributed by atoms with Gasteiger partial charge in [0.1, 0.15) is 17.4 Å². The number of hydrogen-bond donors (Lipinski definition) is 1. The van der Waals surface area contributed by atoms with Gasteiger partial charge in [-0.1, -0.05) is 13.0 Å². The van der Waals surface area contributed by atoms with E-state index in [2.05, 4.69) is 11.6 Å². The predicted octanol–water partition coefficient (Wildman–Crippen LogP) is 2.08. The highest BCUT2D eigenvalue weighted by molar-refractivity contribution is 6.26. The van der Waals surface area contributed by atoms with Gasteiger partial charge in [-0.15, -0.1) is 18.2 Å². The predicted molar refractivity (Wildman–Crippen MR) is 69.1 cm³/mol. The van der Waals surface area contributed by atoms with E-state index < -0.39 is 10.5 Å². The Labute approximate surface area is 112 Å². The summed E-state index contributed by atoms with van der Waals surface area (Å²) < 4.78 is 1.64. The van der Waals surface area contributed by atoms with Crippen molar-refractivity contribution in [3.8, 4) is 6.07 Å². The molecule has 0 bridgehead atoms. The molecule has 1 heterocycles. The van der Waals surface area contributed by atoms with Crippen LogP contribution in [0.15, 0.2) is 25.2 Å². The Bertz CT molecular complexity index is 501. The number of halogens is 1. The molecule has 0 amide bonds. The van der Waals surface area contributed by atoms with Crippen LogP contribution in [0.5, 0.6) is 0 Å². The zero-order chi connectivity index (χ0) is 13.4. The fourth-order valence-corrected chi connectivity index (χ4v) is 2.56. The lowest BCUT2D eigenvalue weighted by atomic mass is 9.83. The Hall–Kier alpha value is -1.31. The lowest BCUT2D eigenvalue weighted by Gasteiger charge is -2.37. The third-order valence-electron chi connectivity index (χ3n) is 3.81. The molecule has 1 fully saturated rings. The van der Waals surface area contributed by atoms with Gasteiger partial charge in [-0.3, -0.25) is 0 Å². The van der Waals surface area contributed by atoms with Crippen LogP contribution in [0.25, 0.3) is 0 Å². The molecule has 0 saturated heterocycles. The van der Waals surface area contributed by atoms with E-state index in [4.69, 9.17) is 16.9 Å². The monoisotopic (exact) mass is 265 g/mol. The van der Waals surface area contributed by atoms with Gasteiger partial charge in [0.05, 0.1) is 23.9 Å². The minimum Gasteiger partial charge on any atom is -0.386 e. The molecule has 96 valence electrons. The van der Waals surface area contributed by atoms with E-state index in [0.29, 0.717) is 5.69 Å². The molecule has 1 aromatic rings. The second kappa shape index (κ2) is 4.42. The van der Waals surface area contributed by atoms with E-state index in [9.17, 15) is 5.11 Å². The Morgan fingerprint density at radius 1 is 1.83 bits per heavy atom. The minimum atomic E-state index is -1.11. The summed E-state index contributed by atoms with van der Waals surface area (Å²) in [5, 5.41) is 19.9. The van der Waals surface area contributed by atoms with Crippen molar-refractivity contribution in [3.05, 3.63) is 30.9 Å². The van der Waals surface area contributed by atoms with Gasteiger partial charge >= 0.3 is 0 Å². The fraction of sp³-hybridized carbons (Fsp3) is 0.538. The number of nitrogens with zero attached hydrogens (tertiary/aromatic N) is 3. The maximum absolute atomic E-state index is 10.9. The van der Waals surface area contributed by atoms with Gasteiger partial charge in [0.25, 0.3) is 0 Å². The first-order chi connectivity index (χ1) is 8.47. The smallest absolute Gasteiger partial charge is 0.139 e. The highest BCUT2D eigenvalue weighted by Gasteiger charge is 2.59. The van der Waals surface area contributed by atoms with Crippen LogP contribution in [-0.2, 0) is 6.54 Å². The largest absolute Gasteiger partial charge is 0.386 e. The SMILES string of the molecule is C=CC(C)C(O)(Cn1cncc1C#N)C1(Cl)CC1. The van der Waals surface area contributed by atoms with E-state index in [0.717, 1.165) is 12.8 Å². The number of nitriles is 1. The van der Waals surface area contributed by atoms with Crippen LogP contribution in [0.1, 0.15) is 25.5 Å². The van der Waals surface area contributed by atoms with Crippen molar-refractivity contribution >= 4 is 11.6 Å². The van der Waals surface area contributed by atoms with E-state index in [1.54, 1.807) is 17.0 Å². The van der Waals surface area contributed by atoms with Crippen LogP contribution in [0.3, 0.4) is 0 Å². The molecule has 18 heavy (non-hydrogen) atoms. The molecule has 1 saturated carbocycles. The zero-order valence-corrected chi connectivity index (χ0v) is 11.1. The molecular formula is C13H16ClN3O. The standard InChI is InChI=1S/C13H16ClN3O/c1-3-10(2)13(18,12(14)4-5-12)8-17-9-16-7-11(17)6-15/h3,7,9-10,18H,1,4-5,8H2,2H3. The van der Waals surface area contributed by atoms with Gasteiger partial charge in [0.15, 0.2) is 0 Å². The van der Waals surface area contributed by atoms with Crippen molar-refractivity contribution in [2.45, 2.75) is 36.8 Å². The Kier molecular flexibility index (Phi) is 3.22. The van der Waals surface area contributed by atoms with E-state index in [1.165, 1.54) is 6.20 Å². The summed E-state index contributed by atoms with van der Waals surface area (Å²) in [5.74, 6) is -0.161. The molecule has 0 spiro atoms. The molecular weight excluding hydrogens is 250 g/mol. The second-order valence-electron chi connectivity index (χ2n) is 4.93. The van der Waals surface area contributed by atoms with Crippen LogP contribution in [0.4, 0.5) is 0 Å². The number of aliphatic hydroxyl groups is 1. The summed E-state index contributed by atoms with van der Waals surface area (Å²) in [4.78, 5) is 3.31. The van der Waals surface area contributed by atoms with Crippen molar-refractivity contribution in [1.29, 1.82) is 5.26 Å². The normalized spacial score (nSPS) is 21.7. The third kappa shape index (κ3) is 1.94. The van der Waals surface area contributed by atoms with Gasteiger partial charge in [0.2, 0.25) is 0 Å². The van der Waals surface area contributed by atoms with E-state index in [-0.39, 0.29) is 12.5 Å². The van der Waals surface area contributed by atoms with Gasteiger partial charge in [-0.25, -0.2) is 4.98 Å². The summed E-state index contributed by atoms with van der Waals surface area (Å²) in [6, 6.07) is 2.05. The molecule has 0 aromatic carbocycles. The maximum Gasteiger partial charge on any atom is 0.139 e. The first-order valence-electron chi connectivity index (χ1n) is 5.91. The lowest BCUT2D eigenvalue weighted by molar-refractivity contribution is -0.0221. The Balaban J connectivity index is 2.32. The quantitative estimate of drug-likeness (QED) is 0.655. The van der Waals surface area contributed by atoms with Crippen molar-refractivity contribution in [3.63, 3.8) is 0 Å². The average molecular weight is 266 g/mol. The molecule has 1 aliphatic rings. The molecule has 1 N–H and O–H groups in total. The van der Waals surface area contributed by atoms with Gasteiger partial charge in [-0.05, 0) is 12.8 Å². The molecule has 5 heteroatoms. The number of hydrogen-bond acceptors (Lipinski definition) is 3. The van der Waals surface area contributed by atoms with Crippen molar-refractivity contribution in [1.82, 2.24) is 9.55 Å². The maximum atomic E-state index is 10.9. The van der Waals surface area contributed by atoms with Crippen LogP contribution < -0.4 is 0 Å².